The molecule has 3 rings (SSSR count). The van der Waals surface area contributed by atoms with Crippen molar-refractivity contribution in [3.8, 4) is 10.6 Å². The van der Waals surface area contributed by atoms with Crippen molar-refractivity contribution in [3.63, 3.8) is 0 Å². The summed E-state index contributed by atoms with van der Waals surface area (Å²) in [5.41, 5.74) is 2.02. The van der Waals surface area contributed by atoms with Gasteiger partial charge in [-0.2, -0.15) is 0 Å². The summed E-state index contributed by atoms with van der Waals surface area (Å²) in [6.07, 6.45) is 1.72. The van der Waals surface area contributed by atoms with E-state index >= 15 is 0 Å². The molecule has 0 aliphatic heterocycles. The third-order valence-electron chi connectivity index (χ3n) is 3.04. The van der Waals surface area contributed by atoms with Crippen molar-refractivity contribution in [1.29, 1.82) is 0 Å². The van der Waals surface area contributed by atoms with Gasteiger partial charge in [0.25, 0.3) is 5.91 Å². The molecule has 1 amide bonds. The van der Waals surface area contributed by atoms with E-state index < -0.39 is 0 Å². The fourth-order valence-electron chi connectivity index (χ4n) is 2.04. The van der Waals surface area contributed by atoms with Crippen molar-refractivity contribution < 1.29 is 4.79 Å². The monoisotopic (exact) mass is 363 g/mol. The van der Waals surface area contributed by atoms with Gasteiger partial charge >= 0.3 is 0 Å². The second-order valence-corrected chi connectivity index (χ2v) is 6.63. The lowest BCUT2D eigenvalue weighted by molar-refractivity contribution is 0.102. The largest absolute Gasteiger partial charge is 0.298 e. The molecular weight excluding hydrogens is 353 g/mol. The number of amides is 1. The van der Waals surface area contributed by atoms with E-state index in [-0.39, 0.29) is 5.91 Å². The van der Waals surface area contributed by atoms with Gasteiger partial charge in [-0.3, -0.25) is 15.1 Å². The molecular formula is C16H11Cl2N3OS. The Labute approximate surface area is 147 Å². The highest BCUT2D eigenvalue weighted by Crippen LogP contribution is 2.31. The maximum atomic E-state index is 12.3. The maximum absolute atomic E-state index is 12.3. The molecule has 0 saturated heterocycles. The lowest BCUT2D eigenvalue weighted by atomic mass is 10.2. The van der Waals surface area contributed by atoms with Gasteiger partial charge in [0.05, 0.1) is 16.3 Å². The van der Waals surface area contributed by atoms with Gasteiger partial charge in [-0.25, -0.2) is 4.98 Å². The van der Waals surface area contributed by atoms with Gasteiger partial charge in [-0.05, 0) is 37.3 Å². The van der Waals surface area contributed by atoms with Crippen LogP contribution in [-0.4, -0.2) is 15.9 Å². The number of aromatic nitrogens is 2. The van der Waals surface area contributed by atoms with Crippen molar-refractivity contribution in [2.75, 3.05) is 5.32 Å². The van der Waals surface area contributed by atoms with E-state index in [2.05, 4.69) is 15.3 Å². The van der Waals surface area contributed by atoms with E-state index in [1.54, 1.807) is 24.4 Å². The number of halogens is 2. The average Bonchev–Trinajstić information content (AvgIpc) is 2.87. The minimum absolute atomic E-state index is 0.310. The van der Waals surface area contributed by atoms with Crippen LogP contribution >= 0.6 is 34.5 Å². The molecule has 0 bridgehead atoms. The molecule has 3 aromatic rings. The summed E-state index contributed by atoms with van der Waals surface area (Å²) in [5, 5.41) is 4.09. The van der Waals surface area contributed by atoms with E-state index in [4.69, 9.17) is 23.2 Å². The van der Waals surface area contributed by atoms with E-state index in [9.17, 15) is 4.79 Å². The number of rotatable bonds is 3. The Morgan fingerprint density at radius 1 is 1.17 bits per heavy atom. The Hall–Kier alpha value is -1.95. The highest BCUT2D eigenvalue weighted by atomic mass is 35.5. The summed E-state index contributed by atoms with van der Waals surface area (Å²) in [6, 6.07) is 10.4. The van der Waals surface area contributed by atoms with Crippen molar-refractivity contribution in [2.24, 2.45) is 0 Å². The number of pyridine rings is 1. The van der Waals surface area contributed by atoms with E-state index in [1.807, 2.05) is 25.1 Å². The molecule has 0 radical (unpaired) electrons. The Kier molecular flexibility index (Phi) is 4.61. The molecule has 0 aliphatic rings. The SMILES string of the molecule is Cc1nc(NC(=O)c2cc(Cl)cc(Cl)c2)sc1-c1ccccn1. The Bertz CT molecular complexity index is 845. The zero-order chi connectivity index (χ0) is 16.4. The quantitative estimate of drug-likeness (QED) is 0.706. The van der Waals surface area contributed by atoms with Gasteiger partial charge in [0.15, 0.2) is 5.13 Å². The van der Waals surface area contributed by atoms with Gasteiger partial charge in [-0.15, -0.1) is 0 Å². The Balaban J connectivity index is 1.85. The van der Waals surface area contributed by atoms with Gasteiger partial charge < -0.3 is 0 Å². The van der Waals surface area contributed by atoms with Crippen LogP contribution in [0.1, 0.15) is 16.1 Å². The minimum atomic E-state index is -0.310. The summed E-state index contributed by atoms with van der Waals surface area (Å²) in [7, 11) is 0. The summed E-state index contributed by atoms with van der Waals surface area (Å²) < 4.78 is 0. The smallest absolute Gasteiger partial charge is 0.257 e. The minimum Gasteiger partial charge on any atom is -0.298 e. The van der Waals surface area contributed by atoms with Crippen LogP contribution in [0.5, 0.6) is 0 Å². The van der Waals surface area contributed by atoms with Crippen molar-refractivity contribution in [1.82, 2.24) is 9.97 Å². The normalized spacial score (nSPS) is 10.6. The summed E-state index contributed by atoms with van der Waals surface area (Å²) in [6.45, 7) is 1.88. The van der Waals surface area contributed by atoms with Crippen molar-refractivity contribution in [3.05, 3.63) is 63.9 Å². The first-order valence-electron chi connectivity index (χ1n) is 6.69. The Morgan fingerprint density at radius 2 is 1.91 bits per heavy atom. The van der Waals surface area contributed by atoms with E-state index in [1.165, 1.54) is 11.3 Å². The summed E-state index contributed by atoms with van der Waals surface area (Å²) in [4.78, 5) is 21.9. The Morgan fingerprint density at radius 3 is 2.57 bits per heavy atom. The molecule has 0 spiro atoms. The maximum Gasteiger partial charge on any atom is 0.257 e. The number of hydrogen-bond donors (Lipinski definition) is 1. The standard InChI is InChI=1S/C16H11Cl2N3OS/c1-9-14(13-4-2-3-5-19-13)23-16(20-9)21-15(22)10-6-11(17)8-12(18)7-10/h2-8H,1H3,(H,20,21,22). The van der Waals surface area contributed by atoms with Crippen LogP contribution in [0.25, 0.3) is 10.6 Å². The van der Waals surface area contributed by atoms with Crippen LogP contribution in [0.4, 0.5) is 5.13 Å². The first kappa shape index (κ1) is 15.9. The number of nitrogens with one attached hydrogen (secondary N) is 1. The first-order valence-corrected chi connectivity index (χ1v) is 8.26. The van der Waals surface area contributed by atoms with Crippen LogP contribution in [-0.2, 0) is 0 Å². The molecule has 0 saturated carbocycles. The van der Waals surface area contributed by atoms with E-state index in [0.29, 0.717) is 20.7 Å². The average molecular weight is 364 g/mol. The third-order valence-corrected chi connectivity index (χ3v) is 4.57. The van der Waals surface area contributed by atoms with Gasteiger partial charge in [-0.1, -0.05) is 40.6 Å². The van der Waals surface area contributed by atoms with E-state index in [0.717, 1.165) is 16.3 Å². The van der Waals surface area contributed by atoms with Crippen LogP contribution in [0.15, 0.2) is 42.6 Å². The number of hydrogen-bond acceptors (Lipinski definition) is 4. The molecule has 1 N–H and O–H groups in total. The van der Waals surface area contributed by atoms with Crippen LogP contribution < -0.4 is 5.32 Å². The summed E-state index contributed by atoms with van der Waals surface area (Å²) in [5.74, 6) is -0.310. The van der Waals surface area contributed by atoms with Crippen LogP contribution in [0, 0.1) is 6.92 Å². The lowest BCUT2D eigenvalue weighted by Crippen LogP contribution is -2.11. The predicted molar refractivity (Wildman–Crippen MR) is 94.5 cm³/mol. The summed E-state index contributed by atoms with van der Waals surface area (Å²) >= 11 is 13.2. The topological polar surface area (TPSA) is 54.9 Å². The highest BCUT2D eigenvalue weighted by molar-refractivity contribution is 7.19. The lowest BCUT2D eigenvalue weighted by Gasteiger charge is -2.03. The van der Waals surface area contributed by atoms with Crippen molar-refractivity contribution >= 4 is 45.6 Å². The zero-order valence-electron chi connectivity index (χ0n) is 12.0. The van der Waals surface area contributed by atoms with Crippen molar-refractivity contribution in [2.45, 2.75) is 6.92 Å². The van der Waals surface area contributed by atoms with Crippen LogP contribution in [0.3, 0.4) is 0 Å². The predicted octanol–water partition coefficient (Wildman–Crippen LogP) is 5.07. The number of benzene rings is 1. The molecule has 0 unspecified atom stereocenters. The highest BCUT2D eigenvalue weighted by Gasteiger charge is 2.14. The van der Waals surface area contributed by atoms with Gasteiger partial charge in [0.2, 0.25) is 0 Å². The molecule has 0 aliphatic carbocycles. The fraction of sp³-hybridized carbons (Fsp3) is 0.0625. The van der Waals surface area contributed by atoms with Crippen LogP contribution in [0.2, 0.25) is 10.0 Å². The molecule has 116 valence electrons. The molecule has 1 aromatic carbocycles. The number of thiazole rings is 1. The van der Waals surface area contributed by atoms with Gasteiger partial charge in [0.1, 0.15) is 0 Å². The third kappa shape index (κ3) is 3.69. The molecule has 23 heavy (non-hydrogen) atoms. The number of carbonyl (C=O) groups is 1. The second kappa shape index (κ2) is 6.66. The molecule has 2 heterocycles. The molecule has 2 aromatic heterocycles. The molecule has 0 atom stereocenters. The number of aryl methyl sites for hydroxylation is 1. The first-order chi connectivity index (χ1) is 11.0. The molecule has 0 fully saturated rings. The number of anilines is 1. The number of nitrogens with zero attached hydrogens (tertiary/aromatic N) is 2. The second-order valence-electron chi connectivity index (χ2n) is 4.76. The van der Waals surface area contributed by atoms with Gasteiger partial charge in [0, 0.05) is 21.8 Å². The zero-order valence-corrected chi connectivity index (χ0v) is 14.3. The fourth-order valence-corrected chi connectivity index (χ4v) is 3.50. The molecule has 7 heteroatoms. The number of carbonyl (C=O) groups excluding carboxylic acids is 1. The molecule has 4 nitrogen and oxygen atoms in total.